The number of methoxy groups -OCH3 is 1. The fraction of sp³-hybridized carbons (Fsp3) is 0.133. The Morgan fingerprint density at radius 3 is 2.50 bits per heavy atom. The molecule has 0 saturated heterocycles. The second-order valence-corrected chi connectivity index (χ2v) is 5.05. The van der Waals surface area contributed by atoms with E-state index in [1.54, 1.807) is 7.11 Å². The van der Waals surface area contributed by atoms with Crippen LogP contribution in [0, 0.1) is 3.57 Å². The highest BCUT2D eigenvalue weighted by Crippen LogP contribution is 2.21. The molecule has 3 heteroatoms. The molecular formula is C15H13IO2. The maximum atomic E-state index is 12.2. The second kappa shape index (κ2) is 6.00. The molecule has 0 spiro atoms. The molecule has 0 fully saturated rings. The average molecular weight is 352 g/mol. The molecule has 2 aromatic rings. The number of hydrogen-bond donors (Lipinski definition) is 0. The Morgan fingerprint density at radius 1 is 1.11 bits per heavy atom. The lowest BCUT2D eigenvalue weighted by molar-refractivity contribution is 0.0991. The third-order valence-corrected chi connectivity index (χ3v) is 3.66. The SMILES string of the molecule is COc1ccccc1CC(=O)c1ccccc1I. The summed E-state index contributed by atoms with van der Waals surface area (Å²) in [5, 5.41) is 0. The number of hydrogen-bond acceptors (Lipinski definition) is 2. The van der Waals surface area contributed by atoms with Crippen LogP contribution >= 0.6 is 22.6 Å². The van der Waals surface area contributed by atoms with Crippen LogP contribution in [-0.4, -0.2) is 12.9 Å². The molecule has 0 atom stereocenters. The monoisotopic (exact) mass is 352 g/mol. The first-order valence-corrected chi connectivity index (χ1v) is 6.70. The standard InChI is InChI=1S/C15H13IO2/c1-18-15-9-5-2-6-11(15)10-14(17)12-7-3-4-8-13(12)16/h2-9H,10H2,1H3. The Hall–Kier alpha value is -1.36. The van der Waals surface area contributed by atoms with Gasteiger partial charge < -0.3 is 4.74 Å². The molecule has 0 bridgehead atoms. The molecule has 18 heavy (non-hydrogen) atoms. The van der Waals surface area contributed by atoms with E-state index in [-0.39, 0.29) is 5.78 Å². The van der Waals surface area contributed by atoms with E-state index in [1.165, 1.54) is 0 Å². The molecule has 2 aromatic carbocycles. The van der Waals surface area contributed by atoms with Gasteiger partial charge in [0.05, 0.1) is 7.11 Å². The molecule has 2 nitrogen and oxygen atoms in total. The van der Waals surface area contributed by atoms with Crippen LogP contribution in [0.5, 0.6) is 5.75 Å². The lowest BCUT2D eigenvalue weighted by Crippen LogP contribution is -2.06. The van der Waals surface area contributed by atoms with Crippen molar-refractivity contribution in [2.45, 2.75) is 6.42 Å². The van der Waals surface area contributed by atoms with Crippen LogP contribution in [0.25, 0.3) is 0 Å². The number of rotatable bonds is 4. The zero-order valence-corrected chi connectivity index (χ0v) is 12.2. The first kappa shape index (κ1) is 13.1. The topological polar surface area (TPSA) is 26.3 Å². The maximum Gasteiger partial charge on any atom is 0.168 e. The molecule has 0 unspecified atom stereocenters. The van der Waals surface area contributed by atoms with Gasteiger partial charge in [-0.05, 0) is 34.7 Å². The lowest BCUT2D eigenvalue weighted by atomic mass is 10.0. The highest BCUT2D eigenvalue weighted by molar-refractivity contribution is 14.1. The Kier molecular flexibility index (Phi) is 4.36. The van der Waals surface area contributed by atoms with Gasteiger partial charge in [0.2, 0.25) is 0 Å². The van der Waals surface area contributed by atoms with Gasteiger partial charge in [-0.15, -0.1) is 0 Å². The summed E-state index contributed by atoms with van der Waals surface area (Å²) < 4.78 is 6.24. The first-order chi connectivity index (χ1) is 8.72. The van der Waals surface area contributed by atoms with Gasteiger partial charge in [-0.1, -0.05) is 36.4 Å². The summed E-state index contributed by atoms with van der Waals surface area (Å²) in [6.45, 7) is 0. The largest absolute Gasteiger partial charge is 0.496 e. The Bertz CT molecular complexity index is 564. The number of halogens is 1. The molecule has 0 radical (unpaired) electrons. The summed E-state index contributed by atoms with van der Waals surface area (Å²) in [7, 11) is 1.62. The number of para-hydroxylation sites is 1. The van der Waals surface area contributed by atoms with Crippen molar-refractivity contribution in [3.05, 3.63) is 63.2 Å². The van der Waals surface area contributed by atoms with E-state index >= 15 is 0 Å². The van der Waals surface area contributed by atoms with E-state index in [4.69, 9.17) is 4.74 Å². The van der Waals surface area contributed by atoms with E-state index < -0.39 is 0 Å². The quantitative estimate of drug-likeness (QED) is 0.619. The van der Waals surface area contributed by atoms with Crippen LogP contribution in [0.2, 0.25) is 0 Å². The van der Waals surface area contributed by atoms with Crippen LogP contribution in [0.15, 0.2) is 48.5 Å². The number of Topliss-reactive ketones (excluding diaryl/α,β-unsaturated/α-hetero) is 1. The molecule has 0 saturated carbocycles. The molecule has 0 amide bonds. The third kappa shape index (κ3) is 2.90. The molecule has 92 valence electrons. The molecule has 2 rings (SSSR count). The maximum absolute atomic E-state index is 12.2. The van der Waals surface area contributed by atoms with Crippen LogP contribution in [0.3, 0.4) is 0 Å². The van der Waals surface area contributed by atoms with Gasteiger partial charge in [-0.3, -0.25) is 4.79 Å². The second-order valence-electron chi connectivity index (χ2n) is 3.89. The minimum atomic E-state index is 0.115. The number of carbonyl (C=O) groups is 1. The fourth-order valence-electron chi connectivity index (χ4n) is 1.80. The van der Waals surface area contributed by atoms with Crippen molar-refractivity contribution in [1.82, 2.24) is 0 Å². The first-order valence-electron chi connectivity index (χ1n) is 5.62. The Morgan fingerprint density at radius 2 is 1.78 bits per heavy atom. The zero-order chi connectivity index (χ0) is 13.0. The Labute approximate surface area is 120 Å². The van der Waals surface area contributed by atoms with Crippen molar-refractivity contribution in [3.8, 4) is 5.75 Å². The minimum Gasteiger partial charge on any atom is -0.496 e. The predicted molar refractivity (Wildman–Crippen MR) is 80.2 cm³/mol. The van der Waals surface area contributed by atoms with Crippen LogP contribution in [-0.2, 0) is 6.42 Å². The smallest absolute Gasteiger partial charge is 0.168 e. The number of carbonyl (C=O) groups excluding carboxylic acids is 1. The van der Waals surface area contributed by atoms with Crippen molar-refractivity contribution in [2.24, 2.45) is 0 Å². The van der Waals surface area contributed by atoms with E-state index in [9.17, 15) is 4.79 Å². The van der Waals surface area contributed by atoms with E-state index in [1.807, 2.05) is 48.5 Å². The summed E-state index contributed by atoms with van der Waals surface area (Å²) in [5.41, 5.74) is 1.69. The van der Waals surface area contributed by atoms with Crippen molar-refractivity contribution < 1.29 is 9.53 Å². The van der Waals surface area contributed by atoms with Crippen molar-refractivity contribution >= 4 is 28.4 Å². The summed E-state index contributed by atoms with van der Waals surface area (Å²) in [5.74, 6) is 0.876. The minimum absolute atomic E-state index is 0.115. The highest BCUT2D eigenvalue weighted by Gasteiger charge is 2.12. The molecule has 0 aliphatic carbocycles. The number of benzene rings is 2. The van der Waals surface area contributed by atoms with Crippen LogP contribution in [0.1, 0.15) is 15.9 Å². The van der Waals surface area contributed by atoms with Gasteiger partial charge in [-0.25, -0.2) is 0 Å². The summed E-state index contributed by atoms with van der Waals surface area (Å²) >= 11 is 2.18. The van der Waals surface area contributed by atoms with Crippen molar-refractivity contribution in [1.29, 1.82) is 0 Å². The van der Waals surface area contributed by atoms with Crippen LogP contribution < -0.4 is 4.74 Å². The molecule has 0 aliphatic heterocycles. The van der Waals surface area contributed by atoms with E-state index in [0.29, 0.717) is 6.42 Å². The molecule has 0 aromatic heterocycles. The molecular weight excluding hydrogens is 339 g/mol. The van der Waals surface area contributed by atoms with Gasteiger partial charge in [-0.2, -0.15) is 0 Å². The summed E-state index contributed by atoms with van der Waals surface area (Å²) in [6, 6.07) is 15.2. The van der Waals surface area contributed by atoms with E-state index in [0.717, 1.165) is 20.4 Å². The lowest BCUT2D eigenvalue weighted by Gasteiger charge is -2.08. The molecule has 0 heterocycles. The number of ether oxygens (including phenoxy) is 1. The number of ketones is 1. The molecule has 0 aliphatic rings. The normalized spacial score (nSPS) is 10.1. The Balaban J connectivity index is 2.24. The third-order valence-electron chi connectivity index (χ3n) is 2.72. The van der Waals surface area contributed by atoms with Gasteiger partial charge in [0.25, 0.3) is 0 Å². The van der Waals surface area contributed by atoms with Gasteiger partial charge in [0, 0.05) is 21.1 Å². The van der Waals surface area contributed by atoms with Crippen molar-refractivity contribution in [3.63, 3.8) is 0 Å². The van der Waals surface area contributed by atoms with Gasteiger partial charge in [0.1, 0.15) is 5.75 Å². The fourth-order valence-corrected chi connectivity index (χ4v) is 2.49. The van der Waals surface area contributed by atoms with Gasteiger partial charge >= 0.3 is 0 Å². The van der Waals surface area contributed by atoms with E-state index in [2.05, 4.69) is 22.6 Å². The summed E-state index contributed by atoms with van der Waals surface area (Å²) in [4.78, 5) is 12.2. The van der Waals surface area contributed by atoms with Gasteiger partial charge in [0.15, 0.2) is 5.78 Å². The van der Waals surface area contributed by atoms with Crippen LogP contribution in [0.4, 0.5) is 0 Å². The average Bonchev–Trinajstić information content (AvgIpc) is 2.39. The highest BCUT2D eigenvalue weighted by atomic mass is 127. The molecule has 0 N–H and O–H groups in total. The zero-order valence-electron chi connectivity index (χ0n) is 10.0. The summed E-state index contributed by atoms with van der Waals surface area (Å²) in [6.07, 6.45) is 0.365. The van der Waals surface area contributed by atoms with Crippen molar-refractivity contribution in [2.75, 3.05) is 7.11 Å². The predicted octanol–water partition coefficient (Wildman–Crippen LogP) is 3.73.